The number of aromatic nitrogens is 2. The number of rotatable bonds is 6. The van der Waals surface area contributed by atoms with Crippen molar-refractivity contribution < 1.29 is 13.9 Å². The van der Waals surface area contributed by atoms with Gasteiger partial charge in [0.1, 0.15) is 17.6 Å². The van der Waals surface area contributed by atoms with Crippen LogP contribution in [0, 0.1) is 5.82 Å². The number of ether oxygens (including phenoxy) is 2. The van der Waals surface area contributed by atoms with Crippen molar-refractivity contribution in [3.05, 3.63) is 51.6 Å². The molecule has 2 aliphatic rings. The Labute approximate surface area is 184 Å². The summed E-state index contributed by atoms with van der Waals surface area (Å²) < 4.78 is 27.7. The van der Waals surface area contributed by atoms with Crippen LogP contribution in [0.25, 0.3) is 15.9 Å². The second-order valence-electron chi connectivity index (χ2n) is 8.18. The molecule has 0 amide bonds. The SMILES string of the molecule is O=c1c2sc(C3CCOCC3)cc2ncn1-c1ccc(OCCN2CCCC2)c(F)c1. The highest BCUT2D eigenvalue weighted by Crippen LogP contribution is 2.34. The Morgan fingerprint density at radius 2 is 2.00 bits per heavy atom. The molecule has 6 nitrogen and oxygen atoms in total. The van der Waals surface area contributed by atoms with Crippen molar-refractivity contribution >= 4 is 21.6 Å². The van der Waals surface area contributed by atoms with Gasteiger partial charge in [0.2, 0.25) is 0 Å². The molecule has 0 radical (unpaired) electrons. The van der Waals surface area contributed by atoms with Gasteiger partial charge in [-0.25, -0.2) is 9.37 Å². The summed E-state index contributed by atoms with van der Waals surface area (Å²) in [4.78, 5) is 21.0. The lowest BCUT2D eigenvalue weighted by Gasteiger charge is -2.20. The maximum Gasteiger partial charge on any atom is 0.275 e. The van der Waals surface area contributed by atoms with Gasteiger partial charge in [-0.1, -0.05) is 0 Å². The molecule has 2 aliphatic heterocycles. The number of halogens is 1. The fourth-order valence-electron chi connectivity index (χ4n) is 4.35. The first-order valence-corrected chi connectivity index (χ1v) is 11.7. The largest absolute Gasteiger partial charge is 0.489 e. The summed E-state index contributed by atoms with van der Waals surface area (Å²) in [7, 11) is 0. The van der Waals surface area contributed by atoms with Crippen molar-refractivity contribution in [1.82, 2.24) is 14.5 Å². The van der Waals surface area contributed by atoms with Crippen LogP contribution in [0.1, 0.15) is 36.5 Å². The van der Waals surface area contributed by atoms with E-state index in [9.17, 15) is 9.18 Å². The third-order valence-electron chi connectivity index (χ3n) is 6.14. The summed E-state index contributed by atoms with van der Waals surface area (Å²) in [5.41, 5.74) is 0.982. The van der Waals surface area contributed by atoms with Crippen LogP contribution >= 0.6 is 11.3 Å². The van der Waals surface area contributed by atoms with Gasteiger partial charge in [0.05, 0.1) is 11.2 Å². The number of hydrogen-bond donors (Lipinski definition) is 0. The van der Waals surface area contributed by atoms with Crippen LogP contribution in [0.3, 0.4) is 0 Å². The van der Waals surface area contributed by atoms with Gasteiger partial charge >= 0.3 is 0 Å². The predicted octanol–water partition coefficient (Wildman–Crippen LogP) is 3.95. The molecule has 0 N–H and O–H groups in total. The quantitative estimate of drug-likeness (QED) is 0.577. The summed E-state index contributed by atoms with van der Waals surface area (Å²) in [6, 6.07) is 6.65. The summed E-state index contributed by atoms with van der Waals surface area (Å²) >= 11 is 1.50. The Kier molecular flexibility index (Phi) is 6.02. The lowest BCUT2D eigenvalue weighted by atomic mass is 9.99. The van der Waals surface area contributed by atoms with Gasteiger partial charge < -0.3 is 9.47 Å². The minimum Gasteiger partial charge on any atom is -0.489 e. The molecule has 164 valence electrons. The third-order valence-corrected chi connectivity index (χ3v) is 7.41. The summed E-state index contributed by atoms with van der Waals surface area (Å²) in [6.07, 6.45) is 5.85. The molecule has 8 heteroatoms. The van der Waals surface area contributed by atoms with Crippen molar-refractivity contribution in [2.75, 3.05) is 39.5 Å². The molecule has 2 fully saturated rings. The average Bonchev–Trinajstić information content (AvgIpc) is 3.46. The van der Waals surface area contributed by atoms with Crippen molar-refractivity contribution in [2.45, 2.75) is 31.6 Å². The van der Waals surface area contributed by atoms with Crippen LogP contribution < -0.4 is 10.3 Å². The van der Waals surface area contributed by atoms with E-state index < -0.39 is 5.82 Å². The number of thiophene rings is 1. The summed E-state index contributed by atoms with van der Waals surface area (Å²) in [5.74, 6) is 0.151. The molecule has 1 aromatic carbocycles. The Morgan fingerprint density at radius 3 is 2.77 bits per heavy atom. The van der Waals surface area contributed by atoms with E-state index in [4.69, 9.17) is 9.47 Å². The lowest BCUT2D eigenvalue weighted by molar-refractivity contribution is 0.0860. The molecule has 4 heterocycles. The topological polar surface area (TPSA) is 56.6 Å². The Bertz CT molecular complexity index is 1120. The fraction of sp³-hybridized carbons (Fsp3) is 0.478. The monoisotopic (exact) mass is 443 g/mol. The molecule has 0 spiro atoms. The minimum absolute atomic E-state index is 0.171. The molecule has 0 atom stereocenters. The Hall–Kier alpha value is -2.29. The van der Waals surface area contributed by atoms with Crippen molar-refractivity contribution in [1.29, 1.82) is 0 Å². The predicted molar refractivity (Wildman–Crippen MR) is 119 cm³/mol. The van der Waals surface area contributed by atoms with Gasteiger partial charge in [-0.3, -0.25) is 14.3 Å². The standard InChI is InChI=1S/C23H26FN3O3S/c24-18-13-17(3-4-20(18)30-12-9-26-7-1-2-8-26)27-15-25-19-14-21(31-22(19)23(27)28)16-5-10-29-11-6-16/h3-4,13-16H,1-2,5-12H2. The van der Waals surface area contributed by atoms with Crippen LogP contribution in [0.4, 0.5) is 4.39 Å². The van der Waals surface area contributed by atoms with E-state index in [0.717, 1.165) is 45.7 Å². The van der Waals surface area contributed by atoms with E-state index in [1.165, 1.54) is 46.0 Å². The van der Waals surface area contributed by atoms with E-state index >= 15 is 0 Å². The van der Waals surface area contributed by atoms with Gasteiger partial charge in [0, 0.05) is 30.7 Å². The number of likely N-dealkylation sites (tertiary alicyclic amines) is 1. The zero-order chi connectivity index (χ0) is 21.2. The van der Waals surface area contributed by atoms with Crippen LogP contribution in [-0.2, 0) is 4.74 Å². The first-order chi connectivity index (χ1) is 15.2. The maximum atomic E-state index is 14.6. The van der Waals surface area contributed by atoms with Crippen LogP contribution in [0.5, 0.6) is 5.75 Å². The first-order valence-electron chi connectivity index (χ1n) is 10.9. The molecule has 0 aliphatic carbocycles. The number of fused-ring (bicyclic) bond motifs is 1. The van der Waals surface area contributed by atoms with Crippen LogP contribution in [0.2, 0.25) is 0 Å². The normalized spacial score (nSPS) is 18.1. The summed E-state index contributed by atoms with van der Waals surface area (Å²) in [6.45, 7) is 4.93. The molecule has 5 rings (SSSR count). The molecule has 31 heavy (non-hydrogen) atoms. The van der Waals surface area contributed by atoms with E-state index in [1.54, 1.807) is 12.1 Å². The molecule has 2 saturated heterocycles. The zero-order valence-corrected chi connectivity index (χ0v) is 18.2. The maximum absolute atomic E-state index is 14.6. The van der Waals surface area contributed by atoms with Gasteiger partial charge in [-0.2, -0.15) is 0 Å². The Morgan fingerprint density at radius 1 is 1.19 bits per heavy atom. The molecular weight excluding hydrogens is 417 g/mol. The van der Waals surface area contributed by atoms with Gasteiger partial charge in [0.25, 0.3) is 5.56 Å². The smallest absolute Gasteiger partial charge is 0.275 e. The molecule has 0 unspecified atom stereocenters. The molecule has 0 saturated carbocycles. The van der Waals surface area contributed by atoms with Gasteiger partial charge in [-0.15, -0.1) is 11.3 Å². The van der Waals surface area contributed by atoms with E-state index in [1.807, 2.05) is 6.07 Å². The van der Waals surface area contributed by atoms with E-state index in [0.29, 0.717) is 28.4 Å². The molecular formula is C23H26FN3O3S. The second-order valence-corrected chi connectivity index (χ2v) is 9.27. The van der Waals surface area contributed by atoms with Crippen molar-refractivity contribution in [2.24, 2.45) is 0 Å². The van der Waals surface area contributed by atoms with Gasteiger partial charge in [0.15, 0.2) is 11.6 Å². The second kappa shape index (κ2) is 9.06. The lowest BCUT2D eigenvalue weighted by Crippen LogP contribution is -2.25. The summed E-state index contributed by atoms with van der Waals surface area (Å²) in [5, 5.41) is 0. The highest BCUT2D eigenvalue weighted by Gasteiger charge is 2.20. The highest BCUT2D eigenvalue weighted by atomic mass is 32.1. The fourth-order valence-corrected chi connectivity index (χ4v) is 5.56. The van der Waals surface area contributed by atoms with E-state index in [-0.39, 0.29) is 11.3 Å². The van der Waals surface area contributed by atoms with Crippen LogP contribution in [-0.4, -0.2) is 53.9 Å². The molecule has 3 aromatic rings. The van der Waals surface area contributed by atoms with E-state index in [2.05, 4.69) is 9.88 Å². The highest BCUT2D eigenvalue weighted by molar-refractivity contribution is 7.19. The average molecular weight is 444 g/mol. The number of benzene rings is 1. The van der Waals surface area contributed by atoms with Crippen molar-refractivity contribution in [3.8, 4) is 11.4 Å². The van der Waals surface area contributed by atoms with Crippen molar-refractivity contribution in [3.63, 3.8) is 0 Å². The van der Waals surface area contributed by atoms with Crippen LogP contribution in [0.15, 0.2) is 35.4 Å². The zero-order valence-electron chi connectivity index (χ0n) is 17.4. The minimum atomic E-state index is -0.472. The number of hydrogen-bond acceptors (Lipinski definition) is 6. The molecule has 0 bridgehead atoms. The first kappa shape index (κ1) is 20.6. The molecule has 2 aromatic heterocycles. The Balaban J connectivity index is 1.35. The number of nitrogens with zero attached hydrogens (tertiary/aromatic N) is 3. The van der Waals surface area contributed by atoms with Gasteiger partial charge in [-0.05, 0) is 62.9 Å². The third kappa shape index (κ3) is 4.37.